The van der Waals surface area contributed by atoms with Crippen LogP contribution in [-0.2, 0) is 4.79 Å². The number of ketones is 1. The number of nitrogens with zero attached hydrogens (tertiary/aromatic N) is 1. The van der Waals surface area contributed by atoms with Gasteiger partial charge in [0.15, 0.2) is 5.78 Å². The number of rotatable bonds is 1. The molecule has 0 N–H and O–H groups in total. The predicted octanol–water partition coefficient (Wildman–Crippen LogP) is 1.70. The Labute approximate surface area is 65.2 Å². The smallest absolute Gasteiger partial charge is 0.192 e. The van der Waals surface area contributed by atoms with Crippen LogP contribution in [0, 0.1) is 5.92 Å². The lowest BCUT2D eigenvalue weighted by Gasteiger charge is -2.01. The van der Waals surface area contributed by atoms with E-state index >= 15 is 0 Å². The zero-order valence-corrected chi connectivity index (χ0v) is 7.23. The monoisotopic (exact) mass is 157 g/mol. The number of hydrogen-bond acceptors (Lipinski definition) is 3. The molecule has 1 heterocycles. The second-order valence-corrected chi connectivity index (χ2v) is 3.84. The van der Waals surface area contributed by atoms with Crippen LogP contribution in [0.3, 0.4) is 0 Å². The van der Waals surface area contributed by atoms with Crippen molar-refractivity contribution in [2.75, 3.05) is 0 Å². The Morgan fingerprint density at radius 3 is 2.40 bits per heavy atom. The Hall–Kier alpha value is -0.310. The molecule has 0 amide bonds. The van der Waals surface area contributed by atoms with Crippen molar-refractivity contribution in [2.24, 2.45) is 10.3 Å². The van der Waals surface area contributed by atoms with Gasteiger partial charge in [0.05, 0.1) is 11.0 Å². The lowest BCUT2D eigenvalue weighted by Crippen LogP contribution is -2.22. The fourth-order valence-electron chi connectivity index (χ4n) is 0.827. The Morgan fingerprint density at radius 1 is 1.60 bits per heavy atom. The molecule has 0 spiro atoms. The van der Waals surface area contributed by atoms with Crippen molar-refractivity contribution in [2.45, 2.75) is 26.0 Å². The first-order valence-corrected chi connectivity index (χ1v) is 4.24. The standard InChI is InChI=1S/C7H11NOS/c1-4(2)6-7(9)5(3)10-8-6/h4-5H,1-3H3. The third-order valence-electron chi connectivity index (χ3n) is 1.48. The van der Waals surface area contributed by atoms with E-state index in [9.17, 15) is 4.79 Å². The predicted molar refractivity (Wildman–Crippen MR) is 44.3 cm³/mol. The quantitative estimate of drug-likeness (QED) is 0.542. The molecule has 1 aliphatic rings. The van der Waals surface area contributed by atoms with Crippen LogP contribution in [0.15, 0.2) is 4.40 Å². The van der Waals surface area contributed by atoms with E-state index in [1.165, 1.54) is 11.9 Å². The molecule has 1 unspecified atom stereocenters. The van der Waals surface area contributed by atoms with E-state index in [4.69, 9.17) is 0 Å². The van der Waals surface area contributed by atoms with Crippen molar-refractivity contribution in [3.8, 4) is 0 Å². The van der Waals surface area contributed by atoms with Crippen LogP contribution < -0.4 is 0 Å². The van der Waals surface area contributed by atoms with Crippen LogP contribution in [-0.4, -0.2) is 16.7 Å². The highest BCUT2D eigenvalue weighted by Gasteiger charge is 2.27. The van der Waals surface area contributed by atoms with Crippen LogP contribution in [0.2, 0.25) is 0 Å². The minimum Gasteiger partial charge on any atom is -0.291 e. The van der Waals surface area contributed by atoms with Gasteiger partial charge >= 0.3 is 0 Å². The molecule has 3 heteroatoms. The van der Waals surface area contributed by atoms with Gasteiger partial charge in [-0.3, -0.25) is 4.79 Å². The number of carbonyl (C=O) groups is 1. The zero-order valence-electron chi connectivity index (χ0n) is 6.42. The summed E-state index contributed by atoms with van der Waals surface area (Å²) in [7, 11) is 0. The highest BCUT2D eigenvalue weighted by atomic mass is 32.2. The Balaban J connectivity index is 2.72. The third kappa shape index (κ3) is 1.24. The van der Waals surface area contributed by atoms with Gasteiger partial charge in [0.2, 0.25) is 0 Å². The molecule has 0 saturated carbocycles. The fraction of sp³-hybridized carbons (Fsp3) is 0.714. The maximum absolute atomic E-state index is 11.2. The molecule has 0 aromatic carbocycles. The summed E-state index contributed by atoms with van der Waals surface area (Å²) >= 11 is 1.38. The molecule has 56 valence electrons. The first-order valence-electron chi connectivity index (χ1n) is 3.41. The second-order valence-electron chi connectivity index (χ2n) is 2.74. The van der Waals surface area contributed by atoms with Gasteiger partial charge in [0.25, 0.3) is 0 Å². The molecule has 0 radical (unpaired) electrons. The number of hydrogen-bond donors (Lipinski definition) is 0. The molecule has 0 bridgehead atoms. The molecule has 0 saturated heterocycles. The van der Waals surface area contributed by atoms with Crippen molar-refractivity contribution < 1.29 is 4.79 Å². The minimum atomic E-state index is 0.0531. The molecular weight excluding hydrogens is 146 g/mol. The minimum absolute atomic E-state index is 0.0531. The molecule has 1 atom stereocenters. The average Bonchev–Trinajstić information content (AvgIpc) is 2.14. The average molecular weight is 157 g/mol. The van der Waals surface area contributed by atoms with Crippen LogP contribution in [0.4, 0.5) is 0 Å². The van der Waals surface area contributed by atoms with E-state index in [0.717, 1.165) is 5.71 Å². The molecule has 10 heavy (non-hydrogen) atoms. The maximum atomic E-state index is 11.2. The summed E-state index contributed by atoms with van der Waals surface area (Å²) in [6.07, 6.45) is 0. The van der Waals surface area contributed by atoms with Gasteiger partial charge in [0, 0.05) is 0 Å². The van der Waals surface area contributed by atoms with Crippen molar-refractivity contribution in [3.05, 3.63) is 0 Å². The molecular formula is C7H11NOS. The van der Waals surface area contributed by atoms with Crippen molar-refractivity contribution in [3.63, 3.8) is 0 Å². The lowest BCUT2D eigenvalue weighted by molar-refractivity contribution is -0.112. The van der Waals surface area contributed by atoms with E-state index in [1.807, 2.05) is 20.8 Å². The van der Waals surface area contributed by atoms with Crippen LogP contribution in [0.1, 0.15) is 20.8 Å². The van der Waals surface area contributed by atoms with Gasteiger partial charge in [0.1, 0.15) is 0 Å². The first-order chi connectivity index (χ1) is 4.63. The van der Waals surface area contributed by atoms with Crippen molar-refractivity contribution in [1.82, 2.24) is 0 Å². The van der Waals surface area contributed by atoms with Gasteiger partial charge in [-0.2, -0.15) is 0 Å². The maximum Gasteiger partial charge on any atom is 0.192 e. The fourth-order valence-corrected chi connectivity index (χ4v) is 1.62. The Kier molecular flexibility index (Phi) is 2.14. The molecule has 0 aromatic heterocycles. The highest BCUT2D eigenvalue weighted by molar-refractivity contribution is 8.00. The normalized spacial score (nSPS) is 25.8. The Bertz CT molecular complexity index is 186. The summed E-state index contributed by atoms with van der Waals surface area (Å²) in [4.78, 5) is 11.2. The van der Waals surface area contributed by atoms with E-state index in [2.05, 4.69) is 4.40 Å². The number of Topliss-reactive ketones (excluding diaryl/α,β-unsaturated/α-hetero) is 1. The van der Waals surface area contributed by atoms with Gasteiger partial charge in [-0.15, -0.1) is 0 Å². The van der Waals surface area contributed by atoms with Crippen LogP contribution >= 0.6 is 11.9 Å². The summed E-state index contributed by atoms with van der Waals surface area (Å²) in [5, 5.41) is 0.0531. The molecule has 0 fully saturated rings. The Morgan fingerprint density at radius 2 is 2.20 bits per heavy atom. The molecule has 1 aliphatic heterocycles. The van der Waals surface area contributed by atoms with Gasteiger partial charge in [-0.25, -0.2) is 4.40 Å². The summed E-state index contributed by atoms with van der Waals surface area (Å²) in [5.41, 5.74) is 0.748. The largest absolute Gasteiger partial charge is 0.291 e. The molecule has 0 aromatic rings. The second kappa shape index (κ2) is 2.74. The topological polar surface area (TPSA) is 29.4 Å². The van der Waals surface area contributed by atoms with Gasteiger partial charge in [-0.1, -0.05) is 13.8 Å². The van der Waals surface area contributed by atoms with Gasteiger partial charge in [-0.05, 0) is 24.8 Å². The highest BCUT2D eigenvalue weighted by Crippen LogP contribution is 2.23. The summed E-state index contributed by atoms with van der Waals surface area (Å²) in [6, 6.07) is 0. The summed E-state index contributed by atoms with van der Waals surface area (Å²) in [6.45, 7) is 5.89. The zero-order chi connectivity index (χ0) is 7.72. The summed E-state index contributed by atoms with van der Waals surface area (Å²) < 4.78 is 4.08. The molecule has 2 nitrogen and oxygen atoms in total. The molecule has 0 aliphatic carbocycles. The van der Waals surface area contributed by atoms with Crippen LogP contribution in [0.5, 0.6) is 0 Å². The van der Waals surface area contributed by atoms with E-state index in [0.29, 0.717) is 0 Å². The van der Waals surface area contributed by atoms with E-state index in [1.54, 1.807) is 0 Å². The first kappa shape index (κ1) is 7.79. The van der Waals surface area contributed by atoms with E-state index in [-0.39, 0.29) is 17.0 Å². The van der Waals surface area contributed by atoms with Crippen molar-refractivity contribution in [1.29, 1.82) is 0 Å². The molecule has 1 rings (SSSR count). The third-order valence-corrected chi connectivity index (χ3v) is 2.31. The van der Waals surface area contributed by atoms with Gasteiger partial charge < -0.3 is 0 Å². The van der Waals surface area contributed by atoms with Crippen molar-refractivity contribution >= 4 is 23.4 Å². The summed E-state index contributed by atoms with van der Waals surface area (Å²) in [5.74, 6) is 0.491. The number of carbonyl (C=O) groups excluding carboxylic acids is 1. The van der Waals surface area contributed by atoms with Crippen LogP contribution in [0.25, 0.3) is 0 Å². The van der Waals surface area contributed by atoms with E-state index < -0.39 is 0 Å². The SMILES string of the molecule is CC(C)C1=NSC(C)C1=O. The lowest BCUT2D eigenvalue weighted by atomic mass is 10.0.